The van der Waals surface area contributed by atoms with E-state index in [1.54, 1.807) is 0 Å². The molecule has 160 valence electrons. The van der Waals surface area contributed by atoms with Crippen LogP contribution in [0.3, 0.4) is 0 Å². The van der Waals surface area contributed by atoms with Crippen LogP contribution in [0.15, 0.2) is 0 Å². The molecule has 3 amide bonds. The normalized spacial score (nSPS) is 20.5. The minimum absolute atomic E-state index is 0.274. The van der Waals surface area contributed by atoms with E-state index < -0.39 is 48.1 Å². The Balaban J connectivity index is 2.78. The van der Waals surface area contributed by atoms with Crippen molar-refractivity contribution >= 4 is 35.5 Å². The van der Waals surface area contributed by atoms with Crippen LogP contribution in [0, 0.1) is 0 Å². The summed E-state index contributed by atoms with van der Waals surface area (Å²) in [6.45, 7) is 3.40. The molecule has 0 radical (unpaired) electrons. The van der Waals surface area contributed by atoms with Gasteiger partial charge in [-0.15, -0.1) is 0 Å². The number of carbonyl (C=O) groups is 4. The Morgan fingerprint density at radius 1 is 1.14 bits per heavy atom. The number of nitrogens with one attached hydrogen (secondary N) is 4. The van der Waals surface area contributed by atoms with Gasteiger partial charge in [0.25, 0.3) is 0 Å². The largest absolute Gasteiger partial charge is 0.480 e. The molecule has 28 heavy (non-hydrogen) atoms. The summed E-state index contributed by atoms with van der Waals surface area (Å²) in [6.07, 6.45) is 2.43. The highest BCUT2D eigenvalue weighted by molar-refractivity contribution is 7.98. The van der Waals surface area contributed by atoms with Crippen molar-refractivity contribution in [2.24, 2.45) is 0 Å². The van der Waals surface area contributed by atoms with Gasteiger partial charge < -0.3 is 31.5 Å². The van der Waals surface area contributed by atoms with Crippen LogP contribution in [0.1, 0.15) is 33.1 Å². The first-order chi connectivity index (χ1) is 13.2. The van der Waals surface area contributed by atoms with Crippen molar-refractivity contribution in [1.29, 1.82) is 0 Å². The molecule has 1 heterocycles. The molecule has 0 saturated carbocycles. The number of aliphatic hydroxyl groups excluding tert-OH is 1. The van der Waals surface area contributed by atoms with Crippen LogP contribution < -0.4 is 21.3 Å². The summed E-state index contributed by atoms with van der Waals surface area (Å²) in [5.74, 6) is -2.36. The Bertz CT molecular complexity index is 568. The van der Waals surface area contributed by atoms with Crippen LogP contribution in [-0.4, -0.2) is 82.7 Å². The molecule has 11 heteroatoms. The monoisotopic (exact) mass is 418 g/mol. The van der Waals surface area contributed by atoms with E-state index in [0.29, 0.717) is 18.7 Å². The number of amides is 3. The summed E-state index contributed by atoms with van der Waals surface area (Å²) >= 11 is 1.47. The first-order valence-electron chi connectivity index (χ1n) is 9.21. The second-order valence-electron chi connectivity index (χ2n) is 6.79. The Labute approximate surface area is 168 Å². The number of aliphatic carboxylic acids is 1. The lowest BCUT2D eigenvalue weighted by molar-refractivity contribution is -0.142. The standard InChI is InChI=1S/C17H30N4O6S/c1-9(17(26)27)19-15(24)12(6-8-28-3)20-16(25)13(10(2)22)21-14(23)11-5-4-7-18-11/h9-13,18,22H,4-8H2,1-3H3,(H,19,24)(H,20,25)(H,21,23)(H,26,27). The molecule has 0 aromatic carbocycles. The van der Waals surface area contributed by atoms with E-state index in [1.165, 1.54) is 25.6 Å². The molecule has 0 bridgehead atoms. The van der Waals surface area contributed by atoms with E-state index in [1.807, 2.05) is 6.26 Å². The van der Waals surface area contributed by atoms with E-state index in [2.05, 4.69) is 21.3 Å². The molecule has 1 saturated heterocycles. The topological polar surface area (TPSA) is 157 Å². The van der Waals surface area contributed by atoms with Gasteiger partial charge in [0.05, 0.1) is 12.1 Å². The smallest absolute Gasteiger partial charge is 0.325 e. The maximum absolute atomic E-state index is 12.6. The summed E-state index contributed by atoms with van der Waals surface area (Å²) in [5.41, 5.74) is 0. The maximum Gasteiger partial charge on any atom is 0.325 e. The van der Waals surface area contributed by atoms with Gasteiger partial charge in [0.2, 0.25) is 17.7 Å². The number of hydrogen-bond donors (Lipinski definition) is 6. The van der Waals surface area contributed by atoms with Crippen molar-refractivity contribution in [3.8, 4) is 0 Å². The van der Waals surface area contributed by atoms with Gasteiger partial charge in [-0.05, 0) is 51.7 Å². The number of carboxylic acids is 1. The molecular weight excluding hydrogens is 388 g/mol. The first kappa shape index (κ1) is 24.2. The Hall–Kier alpha value is -1.85. The minimum atomic E-state index is -1.23. The Morgan fingerprint density at radius 2 is 1.82 bits per heavy atom. The number of aliphatic hydroxyl groups is 1. The molecule has 6 N–H and O–H groups in total. The second kappa shape index (κ2) is 11.9. The second-order valence-corrected chi connectivity index (χ2v) is 7.77. The average molecular weight is 419 g/mol. The van der Waals surface area contributed by atoms with E-state index in [9.17, 15) is 24.3 Å². The molecule has 5 unspecified atom stereocenters. The van der Waals surface area contributed by atoms with Crippen molar-refractivity contribution in [2.45, 2.75) is 63.4 Å². The molecule has 0 aromatic rings. The fraction of sp³-hybridized carbons (Fsp3) is 0.765. The van der Waals surface area contributed by atoms with Crippen molar-refractivity contribution in [3.05, 3.63) is 0 Å². The molecule has 0 spiro atoms. The van der Waals surface area contributed by atoms with Crippen molar-refractivity contribution in [1.82, 2.24) is 21.3 Å². The molecule has 1 rings (SSSR count). The van der Waals surface area contributed by atoms with E-state index in [-0.39, 0.29) is 12.3 Å². The maximum atomic E-state index is 12.6. The van der Waals surface area contributed by atoms with Gasteiger partial charge in [0.1, 0.15) is 18.1 Å². The molecule has 0 aliphatic carbocycles. The lowest BCUT2D eigenvalue weighted by Crippen LogP contribution is -2.59. The highest BCUT2D eigenvalue weighted by Gasteiger charge is 2.32. The lowest BCUT2D eigenvalue weighted by atomic mass is 10.1. The highest BCUT2D eigenvalue weighted by atomic mass is 32.2. The minimum Gasteiger partial charge on any atom is -0.480 e. The van der Waals surface area contributed by atoms with Gasteiger partial charge in [-0.2, -0.15) is 11.8 Å². The van der Waals surface area contributed by atoms with Crippen LogP contribution in [0.4, 0.5) is 0 Å². The van der Waals surface area contributed by atoms with Gasteiger partial charge >= 0.3 is 5.97 Å². The van der Waals surface area contributed by atoms with Crippen LogP contribution >= 0.6 is 11.8 Å². The average Bonchev–Trinajstić information content (AvgIpc) is 3.16. The molecule has 1 aliphatic heterocycles. The fourth-order valence-corrected chi connectivity index (χ4v) is 3.18. The third-order valence-electron chi connectivity index (χ3n) is 4.41. The molecule has 1 fully saturated rings. The summed E-state index contributed by atoms with van der Waals surface area (Å²) in [5, 5.41) is 29.3. The predicted octanol–water partition coefficient (Wildman–Crippen LogP) is -1.57. The van der Waals surface area contributed by atoms with Crippen molar-refractivity contribution < 1.29 is 29.4 Å². The number of carboxylic acid groups (broad SMARTS) is 1. The number of hydrogen-bond acceptors (Lipinski definition) is 7. The van der Waals surface area contributed by atoms with Gasteiger partial charge in [-0.25, -0.2) is 0 Å². The van der Waals surface area contributed by atoms with Gasteiger partial charge in [0.15, 0.2) is 0 Å². The summed E-state index contributed by atoms with van der Waals surface area (Å²) < 4.78 is 0. The summed E-state index contributed by atoms with van der Waals surface area (Å²) in [7, 11) is 0. The Kier molecular flexibility index (Phi) is 10.3. The third kappa shape index (κ3) is 7.64. The zero-order valence-corrected chi connectivity index (χ0v) is 17.2. The number of thioether (sulfide) groups is 1. The van der Waals surface area contributed by atoms with Crippen molar-refractivity contribution in [2.75, 3.05) is 18.6 Å². The molecule has 5 atom stereocenters. The quantitative estimate of drug-likeness (QED) is 0.235. The molecule has 10 nitrogen and oxygen atoms in total. The zero-order chi connectivity index (χ0) is 21.3. The van der Waals surface area contributed by atoms with Gasteiger partial charge in [0, 0.05) is 0 Å². The molecular formula is C17H30N4O6S. The molecule has 1 aliphatic rings. The Morgan fingerprint density at radius 3 is 2.32 bits per heavy atom. The van der Waals surface area contributed by atoms with E-state index >= 15 is 0 Å². The van der Waals surface area contributed by atoms with Crippen molar-refractivity contribution in [3.63, 3.8) is 0 Å². The van der Waals surface area contributed by atoms with E-state index in [0.717, 1.165) is 6.42 Å². The van der Waals surface area contributed by atoms with E-state index in [4.69, 9.17) is 5.11 Å². The van der Waals surface area contributed by atoms with Crippen LogP contribution in [0.2, 0.25) is 0 Å². The van der Waals surface area contributed by atoms with Gasteiger partial charge in [-0.3, -0.25) is 19.2 Å². The number of rotatable bonds is 11. The van der Waals surface area contributed by atoms with Crippen LogP contribution in [0.5, 0.6) is 0 Å². The predicted molar refractivity (Wildman–Crippen MR) is 105 cm³/mol. The highest BCUT2D eigenvalue weighted by Crippen LogP contribution is 2.07. The third-order valence-corrected chi connectivity index (χ3v) is 5.06. The first-order valence-corrected chi connectivity index (χ1v) is 10.6. The number of carbonyl (C=O) groups excluding carboxylic acids is 3. The SMILES string of the molecule is CSCCC(NC(=O)C(NC(=O)C1CCCN1)C(C)O)C(=O)NC(C)C(=O)O. The molecule has 0 aromatic heterocycles. The zero-order valence-electron chi connectivity index (χ0n) is 16.4. The summed E-state index contributed by atoms with van der Waals surface area (Å²) in [6, 6.07) is -3.73. The fourth-order valence-electron chi connectivity index (χ4n) is 2.71. The van der Waals surface area contributed by atoms with Crippen LogP contribution in [0.25, 0.3) is 0 Å². The van der Waals surface area contributed by atoms with Crippen LogP contribution in [-0.2, 0) is 19.2 Å². The lowest BCUT2D eigenvalue weighted by Gasteiger charge is -2.26. The summed E-state index contributed by atoms with van der Waals surface area (Å²) in [4.78, 5) is 48.2. The van der Waals surface area contributed by atoms with Gasteiger partial charge in [-0.1, -0.05) is 0 Å².